The predicted octanol–water partition coefficient (Wildman–Crippen LogP) is 0.686. The molecule has 8 heteroatoms. The Kier molecular flexibility index (Phi) is 6.05. The number of H-pyrrole nitrogens is 1. The minimum atomic E-state index is -0.576. The van der Waals surface area contributed by atoms with Gasteiger partial charge in [-0.25, -0.2) is 4.79 Å². The van der Waals surface area contributed by atoms with E-state index in [9.17, 15) is 14.4 Å². The van der Waals surface area contributed by atoms with Crippen LogP contribution in [0.4, 0.5) is 0 Å². The quantitative estimate of drug-likeness (QED) is 0.771. The van der Waals surface area contributed by atoms with Crippen LogP contribution in [0.1, 0.15) is 5.56 Å². The molecule has 0 spiro atoms. The smallest absolute Gasteiger partial charge is 0.328 e. The molecule has 7 nitrogen and oxygen atoms in total. The van der Waals surface area contributed by atoms with Crippen LogP contribution in [-0.2, 0) is 17.8 Å². The van der Waals surface area contributed by atoms with E-state index in [0.29, 0.717) is 13.1 Å². The third-order valence-electron chi connectivity index (χ3n) is 4.56. The summed E-state index contributed by atoms with van der Waals surface area (Å²) >= 11 is 3.08. The molecule has 1 amide bonds. The van der Waals surface area contributed by atoms with Gasteiger partial charge in [0.2, 0.25) is 5.91 Å². The molecule has 0 saturated carbocycles. The number of piperazine rings is 1. The zero-order valence-electron chi connectivity index (χ0n) is 14.4. The Labute approximate surface area is 159 Å². The average Bonchev–Trinajstić information content (AvgIpc) is 2.65. The largest absolute Gasteiger partial charge is 0.339 e. The number of carbonyl (C=O) groups is 1. The first-order chi connectivity index (χ1) is 12.5. The number of benzene rings is 1. The van der Waals surface area contributed by atoms with E-state index in [1.54, 1.807) is 4.90 Å². The lowest BCUT2D eigenvalue weighted by molar-refractivity contribution is -0.133. The van der Waals surface area contributed by atoms with Gasteiger partial charge in [-0.1, -0.05) is 30.3 Å². The van der Waals surface area contributed by atoms with Crippen molar-refractivity contribution in [2.45, 2.75) is 13.0 Å². The molecule has 1 N–H and O–H groups in total. The molecule has 1 aliphatic heterocycles. The van der Waals surface area contributed by atoms with Crippen LogP contribution < -0.4 is 11.2 Å². The van der Waals surface area contributed by atoms with Crippen molar-refractivity contribution in [3.8, 4) is 0 Å². The minimum absolute atomic E-state index is 0.0712. The normalized spacial score (nSPS) is 15.2. The molecule has 0 atom stereocenters. The van der Waals surface area contributed by atoms with Crippen molar-refractivity contribution < 1.29 is 4.79 Å². The van der Waals surface area contributed by atoms with E-state index in [1.807, 2.05) is 18.2 Å². The molecule has 138 valence electrons. The molecule has 1 aliphatic rings. The molecule has 0 unspecified atom stereocenters. The number of hydrogen-bond acceptors (Lipinski definition) is 4. The Bertz CT molecular complexity index is 870. The van der Waals surface area contributed by atoms with Crippen LogP contribution in [0.5, 0.6) is 0 Å². The second-order valence-electron chi connectivity index (χ2n) is 6.32. The van der Waals surface area contributed by atoms with Crippen molar-refractivity contribution in [1.29, 1.82) is 0 Å². The number of carbonyl (C=O) groups excluding carboxylic acids is 1. The highest BCUT2D eigenvalue weighted by Gasteiger charge is 2.21. The molecule has 2 aromatic rings. The van der Waals surface area contributed by atoms with E-state index in [0.717, 1.165) is 26.1 Å². The topological polar surface area (TPSA) is 78.4 Å². The third-order valence-corrected chi connectivity index (χ3v) is 5.12. The average molecular weight is 421 g/mol. The van der Waals surface area contributed by atoms with E-state index < -0.39 is 11.2 Å². The van der Waals surface area contributed by atoms with Gasteiger partial charge in [-0.2, -0.15) is 0 Å². The van der Waals surface area contributed by atoms with Gasteiger partial charge >= 0.3 is 5.69 Å². The number of nitrogens with zero attached hydrogens (tertiary/aromatic N) is 3. The van der Waals surface area contributed by atoms with Crippen molar-refractivity contribution in [1.82, 2.24) is 19.4 Å². The maximum atomic E-state index is 12.4. The number of aromatic amines is 1. The van der Waals surface area contributed by atoms with Gasteiger partial charge in [0, 0.05) is 38.9 Å². The highest BCUT2D eigenvalue weighted by atomic mass is 79.9. The summed E-state index contributed by atoms with van der Waals surface area (Å²) in [6.07, 6.45) is 2.35. The van der Waals surface area contributed by atoms with E-state index >= 15 is 0 Å². The zero-order valence-corrected chi connectivity index (χ0v) is 15.9. The van der Waals surface area contributed by atoms with Crippen molar-refractivity contribution in [3.05, 3.63) is 67.4 Å². The maximum Gasteiger partial charge on any atom is 0.328 e. The first kappa shape index (κ1) is 18.6. The molecule has 1 saturated heterocycles. The monoisotopic (exact) mass is 420 g/mol. The molecule has 1 aromatic carbocycles. The zero-order chi connectivity index (χ0) is 18.5. The van der Waals surface area contributed by atoms with E-state index in [4.69, 9.17) is 0 Å². The Hall–Kier alpha value is -2.19. The van der Waals surface area contributed by atoms with E-state index in [-0.39, 0.29) is 16.9 Å². The number of hydrogen-bond donors (Lipinski definition) is 1. The number of halogens is 1. The molecular weight excluding hydrogens is 400 g/mol. The summed E-state index contributed by atoms with van der Waals surface area (Å²) in [6.45, 7) is 3.84. The van der Waals surface area contributed by atoms with Gasteiger partial charge in [0.15, 0.2) is 0 Å². The van der Waals surface area contributed by atoms with Gasteiger partial charge in [0.25, 0.3) is 5.56 Å². The number of amides is 1. The van der Waals surface area contributed by atoms with Crippen LogP contribution in [0.25, 0.3) is 0 Å². The molecule has 3 rings (SSSR count). The minimum Gasteiger partial charge on any atom is -0.339 e. The second kappa shape index (κ2) is 8.46. The summed E-state index contributed by atoms with van der Waals surface area (Å²) in [7, 11) is 0. The van der Waals surface area contributed by atoms with Crippen molar-refractivity contribution in [2.24, 2.45) is 0 Å². The number of nitrogens with one attached hydrogen (secondary N) is 1. The number of rotatable bonds is 5. The molecule has 0 bridgehead atoms. The van der Waals surface area contributed by atoms with Crippen molar-refractivity contribution >= 4 is 21.8 Å². The fourth-order valence-corrected chi connectivity index (χ4v) is 3.34. The van der Waals surface area contributed by atoms with Crippen LogP contribution in [-0.4, -0.2) is 58.0 Å². The second-order valence-corrected chi connectivity index (χ2v) is 7.18. The lowest BCUT2D eigenvalue weighted by Gasteiger charge is -2.34. The van der Waals surface area contributed by atoms with Crippen LogP contribution in [0.15, 0.2) is 50.6 Å². The van der Waals surface area contributed by atoms with Gasteiger partial charge in [0.05, 0.1) is 4.47 Å². The molecule has 1 aromatic heterocycles. The van der Waals surface area contributed by atoms with Crippen molar-refractivity contribution in [2.75, 3.05) is 32.7 Å². The standard InChI is InChI=1S/C18H21BrN4O3/c19-15-12-23(18(26)20-17(15)25)13-16(24)22-10-8-21(9-11-22)7-6-14-4-2-1-3-5-14/h1-5,12H,6-11,13H2,(H,20,25,26). The summed E-state index contributed by atoms with van der Waals surface area (Å²) < 4.78 is 1.45. The van der Waals surface area contributed by atoms with Crippen LogP contribution in [0, 0.1) is 0 Å². The van der Waals surface area contributed by atoms with Gasteiger partial charge in [0.1, 0.15) is 6.54 Å². The van der Waals surface area contributed by atoms with Crippen LogP contribution in [0.2, 0.25) is 0 Å². The summed E-state index contributed by atoms with van der Waals surface area (Å²) in [6, 6.07) is 10.4. The Balaban J connectivity index is 1.50. The lowest BCUT2D eigenvalue weighted by atomic mass is 10.1. The first-order valence-corrected chi connectivity index (χ1v) is 9.35. The summed E-state index contributed by atoms with van der Waals surface area (Å²) in [5, 5.41) is 0. The van der Waals surface area contributed by atoms with Crippen molar-refractivity contribution in [3.63, 3.8) is 0 Å². The van der Waals surface area contributed by atoms with Gasteiger partial charge in [-0.3, -0.25) is 24.0 Å². The summed E-state index contributed by atoms with van der Waals surface area (Å²) in [5.41, 5.74) is 0.243. The highest BCUT2D eigenvalue weighted by Crippen LogP contribution is 2.07. The number of aromatic nitrogens is 2. The summed E-state index contributed by atoms with van der Waals surface area (Å²) in [5.74, 6) is -0.117. The van der Waals surface area contributed by atoms with Gasteiger partial charge in [-0.05, 0) is 27.9 Å². The first-order valence-electron chi connectivity index (χ1n) is 8.56. The predicted molar refractivity (Wildman–Crippen MR) is 102 cm³/mol. The van der Waals surface area contributed by atoms with Gasteiger partial charge in [-0.15, -0.1) is 0 Å². The molecule has 26 heavy (non-hydrogen) atoms. The Morgan fingerprint density at radius 3 is 2.46 bits per heavy atom. The maximum absolute atomic E-state index is 12.4. The molecular formula is C18H21BrN4O3. The van der Waals surface area contributed by atoms with Crippen LogP contribution in [0.3, 0.4) is 0 Å². The van der Waals surface area contributed by atoms with Crippen LogP contribution >= 0.6 is 15.9 Å². The molecule has 1 fully saturated rings. The SMILES string of the molecule is O=C(Cn1cc(Br)c(=O)[nH]c1=O)N1CCN(CCc2ccccc2)CC1. The van der Waals surface area contributed by atoms with Gasteiger partial charge < -0.3 is 4.90 Å². The van der Waals surface area contributed by atoms with E-state index in [1.165, 1.54) is 16.3 Å². The van der Waals surface area contributed by atoms with E-state index in [2.05, 4.69) is 37.9 Å². The Morgan fingerprint density at radius 2 is 1.77 bits per heavy atom. The Morgan fingerprint density at radius 1 is 1.08 bits per heavy atom. The molecule has 2 heterocycles. The highest BCUT2D eigenvalue weighted by molar-refractivity contribution is 9.10. The third kappa shape index (κ3) is 4.70. The lowest BCUT2D eigenvalue weighted by Crippen LogP contribution is -2.50. The fourth-order valence-electron chi connectivity index (χ4n) is 3.00. The molecule has 0 aliphatic carbocycles. The fraction of sp³-hybridized carbons (Fsp3) is 0.389. The summed E-state index contributed by atoms with van der Waals surface area (Å²) in [4.78, 5) is 41.9. The molecule has 0 radical (unpaired) electrons.